The zero-order valence-corrected chi connectivity index (χ0v) is 9.45. The number of fused-ring (bicyclic) bond motifs is 1. The fourth-order valence-corrected chi connectivity index (χ4v) is 1.90. The summed E-state index contributed by atoms with van der Waals surface area (Å²) >= 11 is 5.87. The SMILES string of the molecule is Cc1cc(CC(=O)O)c2ccc(Cl)cc2n1. The highest BCUT2D eigenvalue weighted by molar-refractivity contribution is 6.31. The van der Waals surface area contributed by atoms with Gasteiger partial charge in [0.15, 0.2) is 0 Å². The summed E-state index contributed by atoms with van der Waals surface area (Å²) in [5.74, 6) is -0.846. The third kappa shape index (κ3) is 2.14. The van der Waals surface area contributed by atoms with Crippen LogP contribution in [0.5, 0.6) is 0 Å². The van der Waals surface area contributed by atoms with Gasteiger partial charge in [-0.15, -0.1) is 0 Å². The largest absolute Gasteiger partial charge is 0.481 e. The van der Waals surface area contributed by atoms with E-state index < -0.39 is 5.97 Å². The molecule has 0 spiro atoms. The maximum absolute atomic E-state index is 10.7. The van der Waals surface area contributed by atoms with Crippen LogP contribution >= 0.6 is 11.6 Å². The molecule has 0 unspecified atom stereocenters. The molecule has 16 heavy (non-hydrogen) atoms. The Morgan fingerprint density at radius 3 is 2.88 bits per heavy atom. The molecule has 0 fully saturated rings. The van der Waals surface area contributed by atoms with Gasteiger partial charge >= 0.3 is 5.97 Å². The Balaban J connectivity index is 2.67. The molecule has 0 aliphatic carbocycles. The van der Waals surface area contributed by atoms with E-state index in [2.05, 4.69) is 4.98 Å². The van der Waals surface area contributed by atoms with Crippen LogP contribution in [0.1, 0.15) is 11.3 Å². The number of carboxylic acids is 1. The van der Waals surface area contributed by atoms with Gasteiger partial charge in [0, 0.05) is 16.1 Å². The van der Waals surface area contributed by atoms with E-state index in [9.17, 15) is 4.79 Å². The molecule has 0 saturated carbocycles. The Bertz CT molecular complexity index is 561. The third-order valence-electron chi connectivity index (χ3n) is 2.33. The van der Waals surface area contributed by atoms with Crippen molar-refractivity contribution in [3.8, 4) is 0 Å². The number of aliphatic carboxylic acids is 1. The zero-order chi connectivity index (χ0) is 11.7. The van der Waals surface area contributed by atoms with E-state index in [0.717, 1.165) is 22.2 Å². The van der Waals surface area contributed by atoms with Gasteiger partial charge in [0.2, 0.25) is 0 Å². The molecule has 0 atom stereocenters. The smallest absolute Gasteiger partial charge is 0.307 e. The molecule has 0 aliphatic heterocycles. The number of benzene rings is 1. The molecule has 1 aromatic carbocycles. The number of pyridine rings is 1. The van der Waals surface area contributed by atoms with E-state index in [-0.39, 0.29) is 6.42 Å². The summed E-state index contributed by atoms with van der Waals surface area (Å²) in [4.78, 5) is 15.1. The monoisotopic (exact) mass is 235 g/mol. The first-order valence-electron chi connectivity index (χ1n) is 4.84. The highest BCUT2D eigenvalue weighted by Gasteiger charge is 2.07. The topological polar surface area (TPSA) is 50.2 Å². The second-order valence-corrected chi connectivity index (χ2v) is 4.09. The van der Waals surface area contributed by atoms with Crippen LogP contribution < -0.4 is 0 Å². The van der Waals surface area contributed by atoms with Crippen LogP contribution in [0.4, 0.5) is 0 Å². The summed E-state index contributed by atoms with van der Waals surface area (Å²) in [5.41, 5.74) is 2.31. The molecule has 82 valence electrons. The molecule has 2 rings (SSSR count). The average Bonchev–Trinajstić information content (AvgIpc) is 2.15. The van der Waals surface area contributed by atoms with Crippen LogP contribution in [-0.4, -0.2) is 16.1 Å². The van der Waals surface area contributed by atoms with Gasteiger partial charge < -0.3 is 5.11 Å². The van der Waals surface area contributed by atoms with Gasteiger partial charge in [-0.05, 0) is 30.7 Å². The molecule has 1 heterocycles. The molecule has 0 aliphatic rings. The number of rotatable bonds is 2. The summed E-state index contributed by atoms with van der Waals surface area (Å²) < 4.78 is 0. The van der Waals surface area contributed by atoms with Crippen LogP contribution in [0.3, 0.4) is 0 Å². The van der Waals surface area contributed by atoms with E-state index in [1.165, 1.54) is 0 Å². The fourth-order valence-electron chi connectivity index (χ4n) is 1.73. The number of carboxylic acid groups (broad SMARTS) is 1. The zero-order valence-electron chi connectivity index (χ0n) is 8.70. The van der Waals surface area contributed by atoms with E-state index >= 15 is 0 Å². The van der Waals surface area contributed by atoms with Crippen LogP contribution in [0.2, 0.25) is 5.02 Å². The first-order chi connectivity index (χ1) is 7.56. The minimum absolute atomic E-state index is 0.00148. The van der Waals surface area contributed by atoms with Gasteiger partial charge in [-0.1, -0.05) is 17.7 Å². The molecule has 0 saturated heterocycles. The Labute approximate surface area is 97.7 Å². The third-order valence-corrected chi connectivity index (χ3v) is 2.56. The average molecular weight is 236 g/mol. The molecule has 1 N–H and O–H groups in total. The van der Waals surface area contributed by atoms with Crippen molar-refractivity contribution in [2.24, 2.45) is 0 Å². The fraction of sp³-hybridized carbons (Fsp3) is 0.167. The lowest BCUT2D eigenvalue weighted by molar-refractivity contribution is -0.136. The normalized spacial score (nSPS) is 10.6. The standard InChI is InChI=1S/C12H10ClNO2/c1-7-4-8(5-12(15)16)10-3-2-9(13)6-11(10)14-7/h2-4,6H,5H2,1H3,(H,15,16). The molecule has 0 radical (unpaired) electrons. The molecular weight excluding hydrogens is 226 g/mol. The summed E-state index contributed by atoms with van der Waals surface area (Å²) in [7, 11) is 0. The molecule has 2 aromatic rings. The first kappa shape index (κ1) is 10.9. The van der Waals surface area contributed by atoms with Gasteiger partial charge in [0.05, 0.1) is 11.9 Å². The number of hydrogen-bond donors (Lipinski definition) is 1. The number of halogens is 1. The Hall–Kier alpha value is -1.61. The van der Waals surface area contributed by atoms with Crippen molar-refractivity contribution >= 4 is 28.5 Å². The summed E-state index contributed by atoms with van der Waals surface area (Å²) in [6.07, 6.45) is 0.00148. The van der Waals surface area contributed by atoms with Crippen molar-refractivity contribution < 1.29 is 9.90 Å². The summed E-state index contributed by atoms with van der Waals surface area (Å²) in [5, 5.41) is 10.3. The van der Waals surface area contributed by atoms with E-state index in [4.69, 9.17) is 16.7 Å². The minimum Gasteiger partial charge on any atom is -0.481 e. The summed E-state index contributed by atoms with van der Waals surface area (Å²) in [6, 6.07) is 7.09. The number of carbonyl (C=O) groups is 1. The second-order valence-electron chi connectivity index (χ2n) is 3.65. The van der Waals surface area contributed by atoms with Crippen LogP contribution in [-0.2, 0) is 11.2 Å². The quantitative estimate of drug-likeness (QED) is 0.871. The van der Waals surface area contributed by atoms with E-state index in [1.54, 1.807) is 18.2 Å². The Morgan fingerprint density at radius 1 is 1.44 bits per heavy atom. The summed E-state index contributed by atoms with van der Waals surface area (Å²) in [6.45, 7) is 1.84. The lowest BCUT2D eigenvalue weighted by atomic mass is 10.1. The lowest BCUT2D eigenvalue weighted by Gasteiger charge is -2.06. The van der Waals surface area contributed by atoms with Crippen molar-refractivity contribution in [3.05, 3.63) is 40.5 Å². The molecule has 0 amide bonds. The number of hydrogen-bond acceptors (Lipinski definition) is 2. The Morgan fingerprint density at radius 2 is 2.19 bits per heavy atom. The number of nitrogens with zero attached hydrogens (tertiary/aromatic N) is 1. The predicted octanol–water partition coefficient (Wildman–Crippen LogP) is 2.82. The van der Waals surface area contributed by atoms with Gasteiger partial charge in [-0.3, -0.25) is 9.78 Å². The van der Waals surface area contributed by atoms with Gasteiger partial charge in [0.25, 0.3) is 0 Å². The van der Waals surface area contributed by atoms with Crippen LogP contribution in [0, 0.1) is 6.92 Å². The van der Waals surface area contributed by atoms with Gasteiger partial charge in [0.1, 0.15) is 0 Å². The number of aryl methyl sites for hydroxylation is 1. The lowest BCUT2D eigenvalue weighted by Crippen LogP contribution is -2.02. The molecule has 1 aromatic heterocycles. The first-order valence-corrected chi connectivity index (χ1v) is 5.21. The molecule has 0 bridgehead atoms. The maximum Gasteiger partial charge on any atom is 0.307 e. The van der Waals surface area contributed by atoms with Gasteiger partial charge in [-0.25, -0.2) is 0 Å². The van der Waals surface area contributed by atoms with Crippen molar-refractivity contribution in [2.75, 3.05) is 0 Å². The molecule has 4 heteroatoms. The maximum atomic E-state index is 10.7. The van der Waals surface area contributed by atoms with E-state index in [0.29, 0.717) is 5.02 Å². The van der Waals surface area contributed by atoms with E-state index in [1.807, 2.05) is 13.0 Å². The van der Waals surface area contributed by atoms with Crippen LogP contribution in [0.15, 0.2) is 24.3 Å². The highest BCUT2D eigenvalue weighted by atomic mass is 35.5. The van der Waals surface area contributed by atoms with Gasteiger partial charge in [-0.2, -0.15) is 0 Å². The minimum atomic E-state index is -0.846. The Kier molecular flexibility index (Phi) is 2.79. The van der Waals surface area contributed by atoms with Crippen molar-refractivity contribution in [1.82, 2.24) is 4.98 Å². The number of aromatic nitrogens is 1. The van der Waals surface area contributed by atoms with Crippen molar-refractivity contribution in [1.29, 1.82) is 0 Å². The predicted molar refractivity (Wildman–Crippen MR) is 62.8 cm³/mol. The van der Waals surface area contributed by atoms with Crippen molar-refractivity contribution in [2.45, 2.75) is 13.3 Å². The molecular formula is C12H10ClNO2. The highest BCUT2D eigenvalue weighted by Crippen LogP contribution is 2.22. The van der Waals surface area contributed by atoms with Crippen molar-refractivity contribution in [3.63, 3.8) is 0 Å². The second kappa shape index (κ2) is 4.10. The molecule has 3 nitrogen and oxygen atoms in total. The van der Waals surface area contributed by atoms with Crippen LogP contribution in [0.25, 0.3) is 10.9 Å².